The van der Waals surface area contributed by atoms with Gasteiger partial charge in [-0.1, -0.05) is 0 Å². The lowest BCUT2D eigenvalue weighted by molar-refractivity contribution is -0.105. The van der Waals surface area contributed by atoms with Crippen molar-refractivity contribution in [1.29, 1.82) is 0 Å². The number of rotatable bonds is 5. The maximum absolute atomic E-state index is 8.08. The second-order valence-electron chi connectivity index (χ2n) is 2.08. The van der Waals surface area contributed by atoms with Gasteiger partial charge >= 0.3 is 0 Å². The highest BCUT2D eigenvalue weighted by atomic mass is 16.7. The molecule has 0 aromatic heterocycles. The van der Waals surface area contributed by atoms with E-state index in [1.54, 1.807) is 0 Å². The van der Waals surface area contributed by atoms with Crippen LogP contribution in [0.2, 0.25) is 0 Å². The molecule has 1 aliphatic rings. The summed E-state index contributed by atoms with van der Waals surface area (Å²) in [5.41, 5.74) is 0. The molecule has 74 valence electrons. The topological polar surface area (TPSA) is 71.5 Å². The quantitative estimate of drug-likeness (QED) is 0.333. The van der Waals surface area contributed by atoms with Crippen molar-refractivity contribution in [3.05, 3.63) is 0 Å². The summed E-state index contributed by atoms with van der Waals surface area (Å²) in [6, 6.07) is 0. The molecule has 2 N–H and O–H groups in total. The SMILES string of the molecule is CCOCOCO.OCC1CO1. The van der Waals surface area contributed by atoms with Gasteiger partial charge in [-0.2, -0.15) is 0 Å². The molecule has 1 heterocycles. The summed E-state index contributed by atoms with van der Waals surface area (Å²) in [6.07, 6.45) is 0.190. The van der Waals surface area contributed by atoms with Crippen molar-refractivity contribution >= 4 is 0 Å². The molecule has 0 radical (unpaired) electrons. The fraction of sp³-hybridized carbons (Fsp3) is 1.00. The Kier molecular flexibility index (Phi) is 8.74. The number of hydrogen-bond donors (Lipinski definition) is 2. The second-order valence-corrected chi connectivity index (χ2v) is 2.08. The Morgan fingerprint density at radius 2 is 2.08 bits per heavy atom. The molecule has 1 aliphatic heterocycles. The van der Waals surface area contributed by atoms with Crippen molar-refractivity contribution in [1.82, 2.24) is 0 Å². The van der Waals surface area contributed by atoms with Crippen LogP contribution in [0.5, 0.6) is 0 Å². The molecule has 0 aliphatic carbocycles. The number of aliphatic hydroxyl groups excluding tert-OH is 2. The summed E-state index contributed by atoms with van der Waals surface area (Å²) in [4.78, 5) is 0. The van der Waals surface area contributed by atoms with Gasteiger partial charge in [-0.15, -0.1) is 0 Å². The first-order chi connectivity index (χ1) is 5.85. The van der Waals surface area contributed by atoms with E-state index in [4.69, 9.17) is 14.9 Å². The molecule has 5 nitrogen and oxygen atoms in total. The van der Waals surface area contributed by atoms with Crippen LogP contribution >= 0.6 is 0 Å². The van der Waals surface area contributed by atoms with Crippen molar-refractivity contribution in [2.45, 2.75) is 13.0 Å². The average molecular weight is 180 g/mol. The van der Waals surface area contributed by atoms with Crippen molar-refractivity contribution in [2.75, 3.05) is 33.4 Å². The molecular formula is C7H16O5. The third-order valence-electron chi connectivity index (χ3n) is 1.07. The van der Waals surface area contributed by atoms with E-state index in [-0.39, 0.29) is 26.3 Å². The van der Waals surface area contributed by atoms with Crippen LogP contribution in [0.15, 0.2) is 0 Å². The van der Waals surface area contributed by atoms with Gasteiger partial charge in [-0.05, 0) is 6.92 Å². The minimum atomic E-state index is -0.264. The zero-order valence-electron chi connectivity index (χ0n) is 7.23. The van der Waals surface area contributed by atoms with Crippen LogP contribution in [0.3, 0.4) is 0 Å². The molecule has 1 atom stereocenters. The van der Waals surface area contributed by atoms with Crippen LogP contribution in [0, 0.1) is 0 Å². The van der Waals surface area contributed by atoms with Gasteiger partial charge in [0.1, 0.15) is 19.7 Å². The predicted octanol–water partition coefficient (Wildman–Crippen LogP) is -0.676. The molecule has 12 heavy (non-hydrogen) atoms. The van der Waals surface area contributed by atoms with Gasteiger partial charge in [0.2, 0.25) is 0 Å². The third kappa shape index (κ3) is 9.80. The summed E-state index contributed by atoms with van der Waals surface area (Å²) in [6.45, 7) is 3.37. The van der Waals surface area contributed by atoms with E-state index < -0.39 is 0 Å². The molecule has 1 rings (SSSR count). The molecular weight excluding hydrogens is 164 g/mol. The van der Waals surface area contributed by atoms with Gasteiger partial charge in [0.15, 0.2) is 0 Å². The highest BCUT2D eigenvalue weighted by Crippen LogP contribution is 2.04. The largest absolute Gasteiger partial charge is 0.394 e. The fourth-order valence-corrected chi connectivity index (χ4v) is 0.353. The van der Waals surface area contributed by atoms with Crippen molar-refractivity contribution in [2.24, 2.45) is 0 Å². The Bertz CT molecular complexity index is 79.9. The number of hydrogen-bond acceptors (Lipinski definition) is 5. The lowest BCUT2D eigenvalue weighted by atomic mass is 10.5. The summed E-state index contributed by atoms with van der Waals surface area (Å²) >= 11 is 0. The second kappa shape index (κ2) is 8.89. The molecule has 0 aromatic rings. The maximum atomic E-state index is 8.08. The monoisotopic (exact) mass is 180 g/mol. The van der Waals surface area contributed by atoms with Gasteiger partial charge in [0.25, 0.3) is 0 Å². The molecule has 0 aromatic carbocycles. The molecule has 0 bridgehead atoms. The standard InChI is InChI=1S/C4H10O3.C3H6O2/c1-2-6-4-7-3-5;4-1-3-2-5-3/h5H,2-4H2,1H3;3-4H,1-2H2. The Balaban J connectivity index is 0.000000211. The van der Waals surface area contributed by atoms with Gasteiger partial charge in [0.05, 0.1) is 13.2 Å². The van der Waals surface area contributed by atoms with Crippen LogP contribution in [0.1, 0.15) is 6.92 Å². The molecule has 0 amide bonds. The van der Waals surface area contributed by atoms with Crippen LogP contribution in [0.25, 0.3) is 0 Å². The Labute approximate surface area is 71.9 Å². The van der Waals surface area contributed by atoms with E-state index in [9.17, 15) is 0 Å². The molecule has 5 heteroatoms. The van der Waals surface area contributed by atoms with E-state index in [1.165, 1.54) is 0 Å². The van der Waals surface area contributed by atoms with Crippen molar-refractivity contribution in [3.8, 4) is 0 Å². The Hall–Kier alpha value is -0.200. The first kappa shape index (κ1) is 11.8. The average Bonchev–Trinajstić information content (AvgIpc) is 2.89. The molecule has 0 saturated carbocycles. The Morgan fingerprint density at radius 3 is 2.33 bits per heavy atom. The highest BCUT2D eigenvalue weighted by Gasteiger charge is 2.19. The van der Waals surface area contributed by atoms with Crippen molar-refractivity contribution < 1.29 is 24.4 Å². The van der Waals surface area contributed by atoms with E-state index in [0.717, 1.165) is 6.61 Å². The Morgan fingerprint density at radius 1 is 1.42 bits per heavy atom. The maximum Gasteiger partial charge on any atom is 0.149 e. The smallest absolute Gasteiger partial charge is 0.149 e. The van der Waals surface area contributed by atoms with Crippen LogP contribution in [-0.4, -0.2) is 49.7 Å². The molecule has 1 fully saturated rings. The van der Waals surface area contributed by atoms with Gasteiger partial charge in [-0.25, -0.2) is 0 Å². The van der Waals surface area contributed by atoms with Crippen LogP contribution in [-0.2, 0) is 14.2 Å². The van der Waals surface area contributed by atoms with Crippen LogP contribution < -0.4 is 0 Å². The number of aliphatic hydroxyl groups is 2. The lowest BCUT2D eigenvalue weighted by Gasteiger charge is -1.96. The highest BCUT2D eigenvalue weighted by molar-refractivity contribution is 4.65. The first-order valence-corrected chi connectivity index (χ1v) is 3.84. The zero-order valence-corrected chi connectivity index (χ0v) is 7.23. The van der Waals surface area contributed by atoms with E-state index >= 15 is 0 Å². The van der Waals surface area contributed by atoms with Gasteiger partial charge < -0.3 is 24.4 Å². The van der Waals surface area contributed by atoms with Crippen molar-refractivity contribution in [3.63, 3.8) is 0 Å². The molecule has 1 saturated heterocycles. The minimum absolute atomic E-state index is 0.188. The fourth-order valence-electron chi connectivity index (χ4n) is 0.353. The van der Waals surface area contributed by atoms with E-state index in [2.05, 4.69) is 9.47 Å². The normalized spacial score (nSPS) is 19.8. The molecule has 0 spiro atoms. The zero-order chi connectivity index (χ0) is 9.23. The molecule has 1 unspecified atom stereocenters. The van der Waals surface area contributed by atoms with Gasteiger partial charge in [0, 0.05) is 6.61 Å². The van der Waals surface area contributed by atoms with E-state index in [1.807, 2.05) is 6.92 Å². The lowest BCUT2D eigenvalue weighted by Crippen LogP contribution is -1.99. The third-order valence-corrected chi connectivity index (χ3v) is 1.07. The predicted molar refractivity (Wildman–Crippen MR) is 41.5 cm³/mol. The number of ether oxygens (including phenoxy) is 3. The minimum Gasteiger partial charge on any atom is -0.394 e. The van der Waals surface area contributed by atoms with E-state index in [0.29, 0.717) is 6.61 Å². The summed E-state index contributed by atoms with van der Waals surface area (Å²) in [5, 5.41) is 16.1. The first-order valence-electron chi connectivity index (χ1n) is 3.84. The van der Waals surface area contributed by atoms with Gasteiger partial charge in [-0.3, -0.25) is 0 Å². The summed E-state index contributed by atoms with van der Waals surface area (Å²) in [5.74, 6) is 0. The summed E-state index contributed by atoms with van der Waals surface area (Å²) in [7, 11) is 0. The van der Waals surface area contributed by atoms with Crippen LogP contribution in [0.4, 0.5) is 0 Å². The summed E-state index contributed by atoms with van der Waals surface area (Å²) < 4.78 is 13.7. The number of epoxide rings is 1.